The number of non-ortho nitro benzene ring substituents is 1. The molecular formula is C14H10N4O2. The Morgan fingerprint density at radius 2 is 2.00 bits per heavy atom. The molecule has 20 heavy (non-hydrogen) atoms. The first kappa shape index (κ1) is 12.0. The van der Waals surface area contributed by atoms with E-state index in [1.807, 2.05) is 12.1 Å². The molecule has 0 saturated heterocycles. The Bertz CT molecular complexity index is 753. The van der Waals surface area contributed by atoms with E-state index in [1.54, 1.807) is 30.7 Å². The second-order valence-corrected chi connectivity index (χ2v) is 4.18. The van der Waals surface area contributed by atoms with Gasteiger partial charge in [-0.15, -0.1) is 0 Å². The highest BCUT2D eigenvalue weighted by atomic mass is 16.6. The van der Waals surface area contributed by atoms with Gasteiger partial charge in [0.15, 0.2) is 0 Å². The zero-order chi connectivity index (χ0) is 13.9. The van der Waals surface area contributed by atoms with Crippen molar-refractivity contribution >= 4 is 5.69 Å². The second kappa shape index (κ2) is 4.93. The average molecular weight is 266 g/mol. The van der Waals surface area contributed by atoms with Crippen molar-refractivity contribution in [2.75, 3.05) is 0 Å². The van der Waals surface area contributed by atoms with Gasteiger partial charge in [0.25, 0.3) is 5.69 Å². The molecule has 2 heterocycles. The summed E-state index contributed by atoms with van der Waals surface area (Å²) in [6.07, 6.45) is 5.12. The number of aromatic amines is 1. The smallest absolute Gasteiger partial charge is 0.270 e. The number of benzene rings is 1. The summed E-state index contributed by atoms with van der Waals surface area (Å²) in [5.41, 5.74) is 2.27. The highest BCUT2D eigenvalue weighted by Crippen LogP contribution is 2.24. The lowest BCUT2D eigenvalue weighted by Gasteiger charge is -1.97. The van der Waals surface area contributed by atoms with Gasteiger partial charge in [0, 0.05) is 41.9 Å². The number of pyridine rings is 1. The summed E-state index contributed by atoms with van der Waals surface area (Å²) in [5, 5.41) is 10.8. The first-order valence-electron chi connectivity index (χ1n) is 5.95. The number of hydrogen-bond donors (Lipinski definition) is 1. The van der Waals surface area contributed by atoms with Crippen LogP contribution >= 0.6 is 0 Å². The van der Waals surface area contributed by atoms with Crippen molar-refractivity contribution < 1.29 is 4.92 Å². The fraction of sp³-hybridized carbons (Fsp3) is 0. The third kappa shape index (κ3) is 2.26. The molecular weight excluding hydrogens is 256 g/mol. The van der Waals surface area contributed by atoms with E-state index in [0.29, 0.717) is 17.1 Å². The van der Waals surface area contributed by atoms with Crippen LogP contribution in [0.5, 0.6) is 0 Å². The first-order valence-corrected chi connectivity index (χ1v) is 5.95. The molecule has 6 heteroatoms. The molecule has 0 radical (unpaired) electrons. The molecule has 0 bridgehead atoms. The van der Waals surface area contributed by atoms with Crippen LogP contribution in [0.4, 0.5) is 5.69 Å². The van der Waals surface area contributed by atoms with E-state index in [0.717, 1.165) is 5.56 Å². The molecule has 0 saturated carbocycles. The van der Waals surface area contributed by atoms with E-state index < -0.39 is 4.92 Å². The van der Waals surface area contributed by atoms with Gasteiger partial charge in [0.05, 0.1) is 10.6 Å². The summed E-state index contributed by atoms with van der Waals surface area (Å²) in [4.78, 5) is 21.9. The molecule has 2 aromatic heterocycles. The lowest BCUT2D eigenvalue weighted by molar-refractivity contribution is -0.384. The number of nitro groups is 1. The Morgan fingerprint density at radius 1 is 1.15 bits per heavy atom. The number of nitro benzene ring substituents is 1. The summed E-state index contributed by atoms with van der Waals surface area (Å²) < 4.78 is 0. The van der Waals surface area contributed by atoms with Gasteiger partial charge in [0.2, 0.25) is 0 Å². The molecule has 0 amide bonds. The van der Waals surface area contributed by atoms with Crippen molar-refractivity contribution in [1.82, 2.24) is 15.0 Å². The maximum atomic E-state index is 10.8. The van der Waals surface area contributed by atoms with E-state index in [-0.39, 0.29) is 5.69 Å². The van der Waals surface area contributed by atoms with Crippen LogP contribution in [0.1, 0.15) is 0 Å². The summed E-state index contributed by atoms with van der Waals surface area (Å²) in [7, 11) is 0. The quantitative estimate of drug-likeness (QED) is 0.583. The van der Waals surface area contributed by atoms with Crippen LogP contribution in [0, 0.1) is 10.1 Å². The third-order valence-corrected chi connectivity index (χ3v) is 2.87. The summed E-state index contributed by atoms with van der Waals surface area (Å²) in [6.45, 7) is 0. The van der Waals surface area contributed by atoms with Gasteiger partial charge in [-0.3, -0.25) is 15.1 Å². The Hall–Kier alpha value is -3.02. The molecule has 0 unspecified atom stereocenters. The van der Waals surface area contributed by atoms with Gasteiger partial charge in [0.1, 0.15) is 5.82 Å². The number of H-pyrrole nitrogens is 1. The minimum absolute atomic E-state index is 0.0495. The van der Waals surface area contributed by atoms with Crippen LogP contribution in [0.25, 0.3) is 22.6 Å². The standard InChI is InChI=1S/C14H10N4O2/c19-18(20)12-5-1-3-10(7-12)13-9-16-14(17-13)11-4-2-6-15-8-11/h1-9H,(H,16,17). The Balaban J connectivity index is 1.98. The number of nitrogens with one attached hydrogen (secondary N) is 1. The maximum Gasteiger partial charge on any atom is 0.270 e. The zero-order valence-corrected chi connectivity index (χ0v) is 10.4. The number of imidazole rings is 1. The van der Waals surface area contributed by atoms with Crippen LogP contribution in [0.3, 0.4) is 0 Å². The van der Waals surface area contributed by atoms with Gasteiger partial charge in [-0.05, 0) is 12.1 Å². The normalized spacial score (nSPS) is 10.4. The van der Waals surface area contributed by atoms with Crippen molar-refractivity contribution in [2.45, 2.75) is 0 Å². The van der Waals surface area contributed by atoms with Gasteiger partial charge < -0.3 is 4.98 Å². The van der Waals surface area contributed by atoms with Crippen LogP contribution < -0.4 is 0 Å². The molecule has 0 atom stereocenters. The monoisotopic (exact) mass is 266 g/mol. The topological polar surface area (TPSA) is 84.7 Å². The third-order valence-electron chi connectivity index (χ3n) is 2.87. The van der Waals surface area contributed by atoms with E-state index >= 15 is 0 Å². The molecule has 1 N–H and O–H groups in total. The second-order valence-electron chi connectivity index (χ2n) is 4.18. The van der Waals surface area contributed by atoms with Crippen molar-refractivity contribution in [1.29, 1.82) is 0 Å². The SMILES string of the molecule is O=[N+]([O-])c1cccc(-c2c[nH]c(-c3cccnc3)n2)c1. The van der Waals surface area contributed by atoms with Crippen LogP contribution in [0.15, 0.2) is 55.0 Å². The van der Waals surface area contributed by atoms with Crippen molar-refractivity contribution in [3.63, 3.8) is 0 Å². The predicted molar refractivity (Wildman–Crippen MR) is 73.9 cm³/mol. The van der Waals surface area contributed by atoms with Gasteiger partial charge in [-0.1, -0.05) is 12.1 Å². The largest absolute Gasteiger partial charge is 0.344 e. The van der Waals surface area contributed by atoms with E-state index in [9.17, 15) is 10.1 Å². The van der Waals surface area contributed by atoms with Gasteiger partial charge in [-0.25, -0.2) is 4.98 Å². The van der Waals surface area contributed by atoms with Crippen LogP contribution in [-0.4, -0.2) is 19.9 Å². The summed E-state index contributed by atoms with van der Waals surface area (Å²) in [5.74, 6) is 0.680. The molecule has 0 aliphatic heterocycles. The Labute approximate surface area is 114 Å². The molecule has 0 aliphatic carbocycles. The molecule has 0 aliphatic rings. The number of aromatic nitrogens is 3. The molecule has 3 rings (SSSR count). The van der Waals surface area contributed by atoms with Gasteiger partial charge in [-0.2, -0.15) is 0 Å². The fourth-order valence-electron chi connectivity index (χ4n) is 1.90. The minimum Gasteiger partial charge on any atom is -0.344 e. The first-order chi connectivity index (χ1) is 9.74. The van der Waals surface area contributed by atoms with Crippen LogP contribution in [0.2, 0.25) is 0 Å². The van der Waals surface area contributed by atoms with Gasteiger partial charge >= 0.3 is 0 Å². The number of rotatable bonds is 3. The zero-order valence-electron chi connectivity index (χ0n) is 10.4. The molecule has 6 nitrogen and oxygen atoms in total. The fourth-order valence-corrected chi connectivity index (χ4v) is 1.90. The van der Waals surface area contributed by atoms with E-state index in [4.69, 9.17) is 0 Å². The van der Waals surface area contributed by atoms with Crippen LogP contribution in [-0.2, 0) is 0 Å². The highest BCUT2D eigenvalue weighted by molar-refractivity contribution is 5.65. The van der Waals surface area contributed by atoms with Crippen molar-refractivity contribution in [3.8, 4) is 22.6 Å². The Morgan fingerprint density at radius 3 is 2.75 bits per heavy atom. The lowest BCUT2D eigenvalue weighted by atomic mass is 10.1. The molecule has 1 aromatic carbocycles. The van der Waals surface area contributed by atoms with Crippen molar-refractivity contribution in [3.05, 3.63) is 65.1 Å². The Kier molecular flexibility index (Phi) is 2.96. The predicted octanol–water partition coefficient (Wildman–Crippen LogP) is 3.05. The molecule has 3 aromatic rings. The minimum atomic E-state index is -0.418. The number of hydrogen-bond acceptors (Lipinski definition) is 4. The van der Waals surface area contributed by atoms with Crippen molar-refractivity contribution in [2.24, 2.45) is 0 Å². The average Bonchev–Trinajstić information content (AvgIpc) is 2.98. The molecule has 0 spiro atoms. The molecule has 0 fully saturated rings. The summed E-state index contributed by atoms with van der Waals surface area (Å²) >= 11 is 0. The molecule has 98 valence electrons. The number of nitrogens with zero attached hydrogens (tertiary/aromatic N) is 3. The highest BCUT2D eigenvalue weighted by Gasteiger charge is 2.10. The van der Waals surface area contributed by atoms with E-state index in [2.05, 4.69) is 15.0 Å². The van der Waals surface area contributed by atoms with E-state index in [1.165, 1.54) is 12.1 Å². The summed E-state index contributed by atoms with van der Waals surface area (Å²) in [6, 6.07) is 10.1. The lowest BCUT2D eigenvalue weighted by Crippen LogP contribution is -1.88. The maximum absolute atomic E-state index is 10.8.